The third-order valence-electron chi connectivity index (χ3n) is 1.50. The molecule has 0 spiro atoms. The topological polar surface area (TPSA) is 49.4 Å². The van der Waals surface area contributed by atoms with Crippen molar-refractivity contribution in [3.8, 4) is 0 Å². The summed E-state index contributed by atoms with van der Waals surface area (Å²) < 4.78 is 0. The maximum Gasteiger partial charge on any atom is 0.221 e. The van der Waals surface area contributed by atoms with E-state index in [-0.39, 0.29) is 5.91 Å². The predicted molar refractivity (Wildman–Crippen MR) is 35.3 cm³/mol. The van der Waals surface area contributed by atoms with Crippen LogP contribution in [-0.2, 0) is 9.59 Å². The van der Waals surface area contributed by atoms with Crippen LogP contribution in [0.1, 0.15) is 6.42 Å². The molecule has 1 aliphatic rings. The number of hydrogen-bond acceptors (Lipinski definition) is 2. The summed E-state index contributed by atoms with van der Waals surface area (Å²) in [5, 5.41) is 2.67. The molecule has 1 aliphatic heterocycles. The van der Waals surface area contributed by atoms with E-state index in [0.717, 1.165) is 6.41 Å². The molecule has 56 valence electrons. The zero-order chi connectivity index (χ0) is 7.40. The Kier molecular flexibility index (Phi) is 2.25. The van der Waals surface area contributed by atoms with Gasteiger partial charge in [0.1, 0.15) is 0 Å². The molecule has 4 heteroatoms. The molecule has 0 bridgehead atoms. The molecule has 4 nitrogen and oxygen atoms in total. The van der Waals surface area contributed by atoms with Crippen molar-refractivity contribution >= 4 is 12.3 Å². The van der Waals surface area contributed by atoms with Crippen molar-refractivity contribution in [1.82, 2.24) is 10.2 Å². The largest absolute Gasteiger partial charge is 0.354 e. The van der Waals surface area contributed by atoms with E-state index in [1.54, 1.807) is 4.90 Å². The molecular weight excluding hydrogens is 132 g/mol. The molecule has 2 amide bonds. The third kappa shape index (κ3) is 1.72. The number of carbonyl (C=O) groups is 2. The molecule has 1 N–H and O–H groups in total. The van der Waals surface area contributed by atoms with Crippen molar-refractivity contribution in [2.45, 2.75) is 6.42 Å². The molecule has 1 fully saturated rings. The summed E-state index contributed by atoms with van der Waals surface area (Å²) in [6, 6.07) is 0. The molecule has 1 rings (SSSR count). The fourth-order valence-electron chi connectivity index (χ4n) is 0.890. The van der Waals surface area contributed by atoms with Gasteiger partial charge in [-0.05, 0) is 0 Å². The van der Waals surface area contributed by atoms with Crippen LogP contribution in [0.15, 0.2) is 0 Å². The first-order valence-corrected chi connectivity index (χ1v) is 3.29. The molecule has 0 aromatic rings. The van der Waals surface area contributed by atoms with Crippen LogP contribution in [0.2, 0.25) is 0 Å². The number of carbonyl (C=O) groups excluding carboxylic acids is 2. The molecular formula is C6H10N2O2. The van der Waals surface area contributed by atoms with Crippen LogP contribution in [0.25, 0.3) is 0 Å². The van der Waals surface area contributed by atoms with E-state index in [4.69, 9.17) is 0 Å². The normalized spacial score (nSPS) is 19.6. The Morgan fingerprint density at radius 3 is 3.00 bits per heavy atom. The maximum atomic E-state index is 10.7. The van der Waals surface area contributed by atoms with Gasteiger partial charge in [-0.25, -0.2) is 0 Å². The van der Waals surface area contributed by atoms with Gasteiger partial charge in [0.25, 0.3) is 0 Å². The van der Waals surface area contributed by atoms with E-state index < -0.39 is 0 Å². The Bertz CT molecular complexity index is 147. The first-order valence-electron chi connectivity index (χ1n) is 3.29. The lowest BCUT2D eigenvalue weighted by atomic mass is 10.4. The van der Waals surface area contributed by atoms with Crippen LogP contribution < -0.4 is 5.32 Å². The molecule has 1 saturated heterocycles. The number of hydrogen-bond donors (Lipinski definition) is 1. The summed E-state index contributed by atoms with van der Waals surface area (Å²) in [6.07, 6.45) is 1.21. The maximum absolute atomic E-state index is 10.7. The van der Waals surface area contributed by atoms with E-state index >= 15 is 0 Å². The van der Waals surface area contributed by atoms with Crippen molar-refractivity contribution < 1.29 is 9.59 Å². The smallest absolute Gasteiger partial charge is 0.221 e. The average molecular weight is 142 g/mol. The standard InChI is InChI=1S/C6H10N2O2/c9-5-8-3-1-6(10)7-2-4-8/h5H,1-4H2,(H,7,10). The van der Waals surface area contributed by atoms with Gasteiger partial charge in [-0.1, -0.05) is 0 Å². The van der Waals surface area contributed by atoms with Crippen LogP contribution in [0.5, 0.6) is 0 Å². The summed E-state index contributed by atoms with van der Waals surface area (Å²) in [5.41, 5.74) is 0. The fraction of sp³-hybridized carbons (Fsp3) is 0.667. The number of nitrogens with zero attached hydrogens (tertiary/aromatic N) is 1. The highest BCUT2D eigenvalue weighted by Gasteiger charge is 2.10. The molecule has 0 aromatic carbocycles. The average Bonchev–Trinajstić information content (AvgIpc) is 2.14. The molecule has 10 heavy (non-hydrogen) atoms. The summed E-state index contributed by atoms with van der Waals surface area (Å²) in [6.45, 7) is 1.77. The lowest BCUT2D eigenvalue weighted by Gasteiger charge is -2.10. The SMILES string of the molecule is O=CN1CCNC(=O)CC1. The predicted octanol–water partition coefficient (Wildman–Crippen LogP) is -1.04. The van der Waals surface area contributed by atoms with Crippen molar-refractivity contribution in [3.05, 3.63) is 0 Å². The molecule has 0 aliphatic carbocycles. The second-order valence-corrected chi connectivity index (χ2v) is 2.24. The van der Waals surface area contributed by atoms with Crippen LogP contribution in [0, 0.1) is 0 Å². The van der Waals surface area contributed by atoms with Crippen molar-refractivity contribution in [2.75, 3.05) is 19.6 Å². The number of nitrogens with one attached hydrogen (secondary N) is 1. The van der Waals surface area contributed by atoms with E-state index in [1.165, 1.54) is 0 Å². The highest BCUT2D eigenvalue weighted by Crippen LogP contribution is 1.91. The first-order chi connectivity index (χ1) is 4.83. The van der Waals surface area contributed by atoms with Crippen LogP contribution in [-0.4, -0.2) is 36.9 Å². The van der Waals surface area contributed by atoms with Gasteiger partial charge in [-0.2, -0.15) is 0 Å². The Balaban J connectivity index is 2.40. The quantitative estimate of drug-likeness (QED) is 0.476. The lowest BCUT2D eigenvalue weighted by molar-refractivity contribution is -0.120. The van der Waals surface area contributed by atoms with Gasteiger partial charge >= 0.3 is 0 Å². The lowest BCUT2D eigenvalue weighted by Crippen LogP contribution is -2.27. The summed E-state index contributed by atoms with van der Waals surface area (Å²) >= 11 is 0. The Morgan fingerprint density at radius 2 is 2.30 bits per heavy atom. The Hall–Kier alpha value is -1.06. The molecule has 1 heterocycles. The minimum atomic E-state index is 0.0318. The highest BCUT2D eigenvalue weighted by molar-refractivity contribution is 5.76. The highest BCUT2D eigenvalue weighted by atomic mass is 16.2. The van der Waals surface area contributed by atoms with E-state index in [9.17, 15) is 9.59 Å². The first kappa shape index (κ1) is 7.05. The minimum Gasteiger partial charge on any atom is -0.354 e. The Labute approximate surface area is 59.2 Å². The second kappa shape index (κ2) is 3.20. The van der Waals surface area contributed by atoms with Crippen LogP contribution in [0.4, 0.5) is 0 Å². The molecule has 0 atom stereocenters. The third-order valence-corrected chi connectivity index (χ3v) is 1.50. The van der Waals surface area contributed by atoms with Gasteiger partial charge in [0, 0.05) is 26.1 Å². The number of amides is 2. The van der Waals surface area contributed by atoms with Crippen LogP contribution in [0.3, 0.4) is 0 Å². The zero-order valence-corrected chi connectivity index (χ0v) is 5.67. The number of rotatable bonds is 1. The molecule has 0 aromatic heterocycles. The van der Waals surface area contributed by atoms with E-state index in [1.807, 2.05) is 0 Å². The monoisotopic (exact) mass is 142 g/mol. The van der Waals surface area contributed by atoms with Crippen LogP contribution >= 0.6 is 0 Å². The summed E-state index contributed by atoms with van der Waals surface area (Å²) in [7, 11) is 0. The van der Waals surface area contributed by atoms with Gasteiger partial charge in [-0.15, -0.1) is 0 Å². The van der Waals surface area contributed by atoms with Gasteiger partial charge in [0.2, 0.25) is 12.3 Å². The zero-order valence-electron chi connectivity index (χ0n) is 5.67. The molecule has 0 unspecified atom stereocenters. The fourth-order valence-corrected chi connectivity index (χ4v) is 0.890. The minimum absolute atomic E-state index is 0.0318. The van der Waals surface area contributed by atoms with Gasteiger partial charge in [-0.3, -0.25) is 9.59 Å². The van der Waals surface area contributed by atoms with Crippen molar-refractivity contribution in [1.29, 1.82) is 0 Å². The summed E-state index contributed by atoms with van der Waals surface area (Å²) in [5.74, 6) is 0.0318. The van der Waals surface area contributed by atoms with E-state index in [0.29, 0.717) is 26.1 Å². The Morgan fingerprint density at radius 1 is 1.50 bits per heavy atom. The summed E-state index contributed by atoms with van der Waals surface area (Å²) in [4.78, 5) is 22.5. The van der Waals surface area contributed by atoms with Crippen molar-refractivity contribution in [3.63, 3.8) is 0 Å². The van der Waals surface area contributed by atoms with Gasteiger partial charge in [0.15, 0.2) is 0 Å². The van der Waals surface area contributed by atoms with E-state index in [2.05, 4.69) is 5.32 Å². The second-order valence-electron chi connectivity index (χ2n) is 2.24. The van der Waals surface area contributed by atoms with Crippen molar-refractivity contribution in [2.24, 2.45) is 0 Å². The molecule has 0 saturated carbocycles. The molecule has 0 radical (unpaired) electrons. The van der Waals surface area contributed by atoms with Gasteiger partial charge < -0.3 is 10.2 Å². The van der Waals surface area contributed by atoms with Gasteiger partial charge in [0.05, 0.1) is 0 Å².